The first kappa shape index (κ1) is 17.0. The predicted octanol–water partition coefficient (Wildman–Crippen LogP) is 3.17. The normalized spacial score (nSPS) is 10.3. The van der Waals surface area contributed by atoms with E-state index < -0.39 is 5.97 Å². The van der Waals surface area contributed by atoms with E-state index in [1.807, 2.05) is 32.0 Å². The maximum absolute atomic E-state index is 12.1. The standard InChI is InChI=1S/C14H18BrNO3S/c1-3-6-16(8-14(18)19)13(17)9-20-12-5-4-11(15)7-10(12)2/h4-5,7H,3,6,8-9H2,1-2H3,(H,18,19). The molecule has 1 aromatic rings. The summed E-state index contributed by atoms with van der Waals surface area (Å²) in [6, 6.07) is 5.88. The number of aliphatic carboxylic acids is 1. The van der Waals surface area contributed by atoms with Gasteiger partial charge in [-0.25, -0.2) is 0 Å². The number of thioether (sulfide) groups is 1. The molecule has 20 heavy (non-hydrogen) atoms. The number of benzene rings is 1. The average molecular weight is 360 g/mol. The number of hydrogen-bond donors (Lipinski definition) is 1. The van der Waals surface area contributed by atoms with Crippen LogP contribution in [0.5, 0.6) is 0 Å². The molecule has 1 N–H and O–H groups in total. The second kappa shape index (κ2) is 8.32. The highest BCUT2D eigenvalue weighted by molar-refractivity contribution is 9.10. The third-order valence-electron chi connectivity index (χ3n) is 2.66. The Hall–Kier alpha value is -1.01. The monoisotopic (exact) mass is 359 g/mol. The molecule has 0 bridgehead atoms. The number of aryl methyl sites for hydroxylation is 1. The van der Waals surface area contributed by atoms with E-state index in [0.717, 1.165) is 21.4 Å². The van der Waals surface area contributed by atoms with Crippen molar-refractivity contribution >= 4 is 39.6 Å². The number of carboxylic acid groups (broad SMARTS) is 1. The molecule has 0 aliphatic rings. The minimum atomic E-state index is -0.975. The summed E-state index contributed by atoms with van der Waals surface area (Å²) in [6.45, 7) is 4.16. The molecular formula is C14H18BrNO3S. The highest BCUT2D eigenvalue weighted by atomic mass is 79.9. The van der Waals surface area contributed by atoms with Gasteiger partial charge in [-0.05, 0) is 37.1 Å². The Balaban J connectivity index is 2.62. The molecule has 110 valence electrons. The van der Waals surface area contributed by atoms with E-state index in [9.17, 15) is 9.59 Å². The van der Waals surface area contributed by atoms with E-state index in [2.05, 4.69) is 15.9 Å². The van der Waals surface area contributed by atoms with Crippen molar-refractivity contribution in [1.82, 2.24) is 4.90 Å². The molecule has 0 aliphatic heterocycles. The number of halogens is 1. The maximum atomic E-state index is 12.1. The van der Waals surface area contributed by atoms with Gasteiger partial charge in [0.2, 0.25) is 5.91 Å². The fraction of sp³-hybridized carbons (Fsp3) is 0.429. The van der Waals surface area contributed by atoms with E-state index in [0.29, 0.717) is 6.54 Å². The molecule has 0 saturated heterocycles. The lowest BCUT2D eigenvalue weighted by atomic mass is 10.2. The van der Waals surface area contributed by atoms with Crippen LogP contribution < -0.4 is 0 Å². The number of nitrogens with zero attached hydrogens (tertiary/aromatic N) is 1. The van der Waals surface area contributed by atoms with Crippen LogP contribution in [0.4, 0.5) is 0 Å². The summed E-state index contributed by atoms with van der Waals surface area (Å²) < 4.78 is 1.00. The molecule has 0 radical (unpaired) electrons. The van der Waals surface area contributed by atoms with Crippen molar-refractivity contribution in [1.29, 1.82) is 0 Å². The highest BCUT2D eigenvalue weighted by Crippen LogP contribution is 2.25. The first-order chi connectivity index (χ1) is 9.43. The molecule has 0 unspecified atom stereocenters. The Labute approximate surface area is 131 Å². The van der Waals surface area contributed by atoms with Gasteiger partial charge < -0.3 is 10.0 Å². The fourth-order valence-corrected chi connectivity index (χ4v) is 3.12. The molecule has 1 rings (SSSR count). The number of amides is 1. The Kier molecular flexibility index (Phi) is 7.09. The lowest BCUT2D eigenvalue weighted by molar-refractivity contribution is -0.143. The molecule has 0 heterocycles. The van der Waals surface area contributed by atoms with Crippen molar-refractivity contribution in [3.05, 3.63) is 28.2 Å². The number of carbonyl (C=O) groups is 2. The van der Waals surface area contributed by atoms with E-state index in [1.165, 1.54) is 16.7 Å². The average Bonchev–Trinajstić information content (AvgIpc) is 2.36. The largest absolute Gasteiger partial charge is 0.480 e. The summed E-state index contributed by atoms with van der Waals surface area (Å²) in [5.74, 6) is -0.853. The topological polar surface area (TPSA) is 57.6 Å². The Morgan fingerprint density at radius 2 is 2.10 bits per heavy atom. The zero-order valence-corrected chi connectivity index (χ0v) is 14.0. The fourth-order valence-electron chi connectivity index (χ4n) is 1.73. The molecule has 0 aromatic heterocycles. The summed E-state index contributed by atoms with van der Waals surface area (Å²) in [5, 5.41) is 8.81. The van der Waals surface area contributed by atoms with Crippen molar-refractivity contribution in [3.63, 3.8) is 0 Å². The highest BCUT2D eigenvalue weighted by Gasteiger charge is 2.16. The quantitative estimate of drug-likeness (QED) is 0.759. The van der Waals surface area contributed by atoms with Crippen LogP contribution in [-0.2, 0) is 9.59 Å². The van der Waals surface area contributed by atoms with Gasteiger partial charge in [-0.15, -0.1) is 11.8 Å². The van der Waals surface area contributed by atoms with Crippen LogP contribution in [0.25, 0.3) is 0 Å². The van der Waals surface area contributed by atoms with Crippen molar-refractivity contribution in [2.75, 3.05) is 18.8 Å². The summed E-state index contributed by atoms with van der Waals surface area (Å²) in [4.78, 5) is 25.2. The molecule has 0 fully saturated rings. The van der Waals surface area contributed by atoms with Gasteiger partial charge in [0.1, 0.15) is 6.54 Å². The van der Waals surface area contributed by atoms with E-state index in [-0.39, 0.29) is 18.2 Å². The molecule has 0 saturated carbocycles. The van der Waals surface area contributed by atoms with Crippen LogP contribution in [0.2, 0.25) is 0 Å². The molecule has 0 spiro atoms. The van der Waals surface area contributed by atoms with Gasteiger partial charge in [0.05, 0.1) is 5.75 Å². The van der Waals surface area contributed by atoms with Crippen LogP contribution in [0.15, 0.2) is 27.6 Å². The van der Waals surface area contributed by atoms with Crippen LogP contribution in [-0.4, -0.2) is 40.7 Å². The molecule has 1 aromatic carbocycles. The minimum Gasteiger partial charge on any atom is -0.480 e. The molecule has 6 heteroatoms. The number of carbonyl (C=O) groups excluding carboxylic acids is 1. The van der Waals surface area contributed by atoms with Crippen molar-refractivity contribution < 1.29 is 14.7 Å². The molecule has 4 nitrogen and oxygen atoms in total. The van der Waals surface area contributed by atoms with Crippen LogP contribution >= 0.6 is 27.7 Å². The first-order valence-corrected chi connectivity index (χ1v) is 8.10. The Morgan fingerprint density at radius 3 is 2.65 bits per heavy atom. The van der Waals surface area contributed by atoms with Gasteiger partial charge in [-0.2, -0.15) is 0 Å². The lowest BCUT2D eigenvalue weighted by Crippen LogP contribution is -2.37. The third kappa shape index (κ3) is 5.54. The number of rotatable bonds is 7. The Bertz CT molecular complexity index is 493. The minimum absolute atomic E-state index is 0.137. The SMILES string of the molecule is CCCN(CC(=O)O)C(=O)CSc1ccc(Br)cc1C. The summed E-state index contributed by atoms with van der Waals surface area (Å²) >= 11 is 4.84. The summed E-state index contributed by atoms with van der Waals surface area (Å²) in [6.07, 6.45) is 0.751. The zero-order valence-electron chi connectivity index (χ0n) is 11.6. The van der Waals surface area contributed by atoms with Gasteiger partial charge in [-0.1, -0.05) is 22.9 Å². The maximum Gasteiger partial charge on any atom is 0.323 e. The third-order valence-corrected chi connectivity index (χ3v) is 4.31. The van der Waals surface area contributed by atoms with Crippen LogP contribution in [0, 0.1) is 6.92 Å². The predicted molar refractivity (Wildman–Crippen MR) is 84.1 cm³/mol. The number of carboxylic acids is 1. The van der Waals surface area contributed by atoms with Gasteiger partial charge in [0.25, 0.3) is 0 Å². The van der Waals surface area contributed by atoms with Crippen LogP contribution in [0.1, 0.15) is 18.9 Å². The van der Waals surface area contributed by atoms with E-state index in [4.69, 9.17) is 5.11 Å². The van der Waals surface area contributed by atoms with Crippen molar-refractivity contribution in [2.24, 2.45) is 0 Å². The molecular weight excluding hydrogens is 342 g/mol. The van der Waals surface area contributed by atoms with Gasteiger partial charge in [-0.3, -0.25) is 9.59 Å². The second-order valence-electron chi connectivity index (χ2n) is 4.41. The molecule has 1 amide bonds. The lowest BCUT2D eigenvalue weighted by Gasteiger charge is -2.19. The zero-order chi connectivity index (χ0) is 15.1. The van der Waals surface area contributed by atoms with Crippen LogP contribution in [0.3, 0.4) is 0 Å². The Morgan fingerprint density at radius 1 is 1.40 bits per heavy atom. The number of hydrogen-bond acceptors (Lipinski definition) is 3. The van der Waals surface area contributed by atoms with Crippen molar-refractivity contribution in [3.8, 4) is 0 Å². The first-order valence-electron chi connectivity index (χ1n) is 6.32. The van der Waals surface area contributed by atoms with Gasteiger partial charge >= 0.3 is 5.97 Å². The smallest absolute Gasteiger partial charge is 0.323 e. The molecule has 0 aliphatic carbocycles. The summed E-state index contributed by atoms with van der Waals surface area (Å²) in [5.41, 5.74) is 1.09. The molecule has 0 atom stereocenters. The van der Waals surface area contributed by atoms with Gasteiger partial charge in [0, 0.05) is 15.9 Å². The van der Waals surface area contributed by atoms with E-state index >= 15 is 0 Å². The van der Waals surface area contributed by atoms with Gasteiger partial charge in [0.15, 0.2) is 0 Å². The van der Waals surface area contributed by atoms with Crippen molar-refractivity contribution in [2.45, 2.75) is 25.2 Å². The second-order valence-corrected chi connectivity index (χ2v) is 6.34. The van der Waals surface area contributed by atoms with E-state index in [1.54, 1.807) is 0 Å². The summed E-state index contributed by atoms with van der Waals surface area (Å²) in [7, 11) is 0.